The zero-order valence-corrected chi connectivity index (χ0v) is 11.4. The van der Waals surface area contributed by atoms with E-state index in [1.54, 1.807) is 0 Å². The van der Waals surface area contributed by atoms with Crippen molar-refractivity contribution in [2.45, 2.75) is 25.1 Å². The molecule has 0 saturated carbocycles. The standard InChI is InChI=1S/C13H18N2O3.ClH/c14-11-6-12(8-16)15(7-11)13(17)18-9-10-4-2-1-3-5-10;/h1-5,11-12,16H,6-9,14H2;1H/t11-,12+;/m1./s1. The van der Waals surface area contributed by atoms with E-state index in [-0.39, 0.29) is 37.7 Å². The first-order valence-corrected chi connectivity index (χ1v) is 6.04. The van der Waals surface area contributed by atoms with Crippen LogP contribution >= 0.6 is 12.4 Å². The monoisotopic (exact) mass is 286 g/mol. The van der Waals surface area contributed by atoms with Gasteiger partial charge in [-0.25, -0.2) is 4.79 Å². The number of nitrogens with zero attached hydrogens (tertiary/aromatic N) is 1. The van der Waals surface area contributed by atoms with Crippen LogP contribution in [-0.2, 0) is 11.3 Å². The lowest BCUT2D eigenvalue weighted by atomic mass is 10.2. The number of rotatable bonds is 3. The van der Waals surface area contributed by atoms with E-state index in [1.807, 2.05) is 30.3 Å². The van der Waals surface area contributed by atoms with Crippen LogP contribution in [0.15, 0.2) is 30.3 Å². The van der Waals surface area contributed by atoms with Crippen LogP contribution in [0, 0.1) is 0 Å². The second kappa shape index (κ2) is 7.33. The van der Waals surface area contributed by atoms with E-state index >= 15 is 0 Å². The summed E-state index contributed by atoms with van der Waals surface area (Å²) in [4.78, 5) is 13.4. The second-order valence-electron chi connectivity index (χ2n) is 4.52. The minimum atomic E-state index is -0.411. The number of aliphatic hydroxyl groups excluding tert-OH is 1. The van der Waals surface area contributed by atoms with Gasteiger partial charge in [-0.1, -0.05) is 30.3 Å². The number of likely N-dealkylation sites (tertiary alicyclic amines) is 1. The maximum atomic E-state index is 11.9. The summed E-state index contributed by atoms with van der Waals surface area (Å²) in [7, 11) is 0. The molecular weight excluding hydrogens is 268 g/mol. The molecule has 0 aliphatic carbocycles. The summed E-state index contributed by atoms with van der Waals surface area (Å²) >= 11 is 0. The smallest absolute Gasteiger partial charge is 0.410 e. The number of amides is 1. The average Bonchev–Trinajstić information content (AvgIpc) is 2.78. The van der Waals surface area contributed by atoms with Crippen LogP contribution in [0.25, 0.3) is 0 Å². The molecule has 1 amide bonds. The molecule has 2 atom stereocenters. The molecule has 0 spiro atoms. The fourth-order valence-corrected chi connectivity index (χ4v) is 2.15. The molecule has 6 heteroatoms. The Hall–Kier alpha value is -1.30. The van der Waals surface area contributed by atoms with Crippen LogP contribution in [-0.4, -0.2) is 41.3 Å². The number of aliphatic hydroxyl groups is 1. The molecule has 0 bridgehead atoms. The van der Waals surface area contributed by atoms with Gasteiger partial charge in [0.1, 0.15) is 6.61 Å². The van der Waals surface area contributed by atoms with E-state index in [1.165, 1.54) is 4.90 Å². The molecule has 1 aromatic carbocycles. The maximum absolute atomic E-state index is 11.9. The van der Waals surface area contributed by atoms with Gasteiger partial charge in [0.25, 0.3) is 0 Å². The van der Waals surface area contributed by atoms with Gasteiger partial charge in [-0.15, -0.1) is 12.4 Å². The van der Waals surface area contributed by atoms with Gasteiger partial charge >= 0.3 is 6.09 Å². The maximum Gasteiger partial charge on any atom is 0.410 e. The Morgan fingerprint density at radius 3 is 2.74 bits per heavy atom. The van der Waals surface area contributed by atoms with E-state index in [9.17, 15) is 9.90 Å². The molecule has 3 N–H and O–H groups in total. The van der Waals surface area contributed by atoms with Gasteiger partial charge in [-0.2, -0.15) is 0 Å². The molecule has 1 aromatic rings. The third kappa shape index (κ3) is 4.09. The number of halogens is 1. The van der Waals surface area contributed by atoms with Crippen molar-refractivity contribution in [3.8, 4) is 0 Å². The van der Waals surface area contributed by atoms with Crippen LogP contribution in [0.3, 0.4) is 0 Å². The summed E-state index contributed by atoms with van der Waals surface area (Å²) in [5.74, 6) is 0. The number of carbonyl (C=O) groups is 1. The average molecular weight is 287 g/mol. The quantitative estimate of drug-likeness (QED) is 0.874. The zero-order chi connectivity index (χ0) is 13.0. The lowest BCUT2D eigenvalue weighted by Gasteiger charge is -2.22. The highest BCUT2D eigenvalue weighted by Crippen LogP contribution is 2.17. The first kappa shape index (κ1) is 15.8. The summed E-state index contributed by atoms with van der Waals surface area (Å²) in [5, 5.41) is 9.18. The van der Waals surface area contributed by atoms with Crippen molar-refractivity contribution in [3.63, 3.8) is 0 Å². The van der Waals surface area contributed by atoms with Gasteiger partial charge in [-0.05, 0) is 12.0 Å². The number of benzene rings is 1. The minimum Gasteiger partial charge on any atom is -0.445 e. The van der Waals surface area contributed by atoms with Gasteiger partial charge in [0.15, 0.2) is 0 Å². The zero-order valence-electron chi connectivity index (χ0n) is 10.6. The molecule has 106 valence electrons. The highest BCUT2D eigenvalue weighted by Gasteiger charge is 2.33. The van der Waals surface area contributed by atoms with Crippen molar-refractivity contribution >= 4 is 18.5 Å². The van der Waals surface area contributed by atoms with Gasteiger partial charge in [0, 0.05) is 12.6 Å². The molecule has 5 nitrogen and oxygen atoms in total. The molecule has 1 fully saturated rings. The lowest BCUT2D eigenvalue weighted by molar-refractivity contribution is 0.0794. The predicted molar refractivity (Wildman–Crippen MR) is 74.0 cm³/mol. The number of hydrogen-bond acceptors (Lipinski definition) is 4. The van der Waals surface area contributed by atoms with Crippen molar-refractivity contribution < 1.29 is 14.6 Å². The number of nitrogens with two attached hydrogens (primary N) is 1. The normalized spacial score (nSPS) is 21.9. The SMILES string of the molecule is Cl.N[C@@H]1C[C@@H](CO)N(C(=O)OCc2ccccc2)C1. The van der Waals surface area contributed by atoms with Crippen LogP contribution in [0.1, 0.15) is 12.0 Å². The summed E-state index contributed by atoms with van der Waals surface area (Å²) in [6.07, 6.45) is 0.211. The van der Waals surface area contributed by atoms with E-state index in [0.29, 0.717) is 13.0 Å². The molecule has 0 radical (unpaired) electrons. The molecule has 1 heterocycles. The van der Waals surface area contributed by atoms with Gasteiger partial charge in [0.05, 0.1) is 12.6 Å². The van der Waals surface area contributed by atoms with E-state index in [4.69, 9.17) is 10.5 Å². The fourth-order valence-electron chi connectivity index (χ4n) is 2.15. The summed E-state index contributed by atoms with van der Waals surface area (Å²) < 4.78 is 5.21. The van der Waals surface area contributed by atoms with Gasteiger partial charge < -0.3 is 20.5 Å². The van der Waals surface area contributed by atoms with Crippen molar-refractivity contribution in [1.82, 2.24) is 4.90 Å². The highest BCUT2D eigenvalue weighted by atomic mass is 35.5. The van der Waals surface area contributed by atoms with Crippen LogP contribution < -0.4 is 5.73 Å². The van der Waals surface area contributed by atoms with Gasteiger partial charge in [0.2, 0.25) is 0 Å². The second-order valence-corrected chi connectivity index (χ2v) is 4.52. The Balaban J connectivity index is 0.00000180. The van der Waals surface area contributed by atoms with Crippen LogP contribution in [0.4, 0.5) is 4.79 Å². The molecular formula is C13H19ClN2O3. The van der Waals surface area contributed by atoms with Crippen molar-refractivity contribution in [2.75, 3.05) is 13.2 Å². The number of ether oxygens (including phenoxy) is 1. The third-order valence-electron chi connectivity index (χ3n) is 3.10. The number of hydrogen-bond donors (Lipinski definition) is 2. The first-order chi connectivity index (χ1) is 8.70. The van der Waals surface area contributed by atoms with E-state index < -0.39 is 6.09 Å². The molecule has 0 aromatic heterocycles. The Morgan fingerprint density at radius 1 is 1.42 bits per heavy atom. The largest absolute Gasteiger partial charge is 0.445 e. The van der Waals surface area contributed by atoms with Gasteiger partial charge in [-0.3, -0.25) is 0 Å². The predicted octanol–water partition coefficient (Wildman–Crippen LogP) is 1.14. The van der Waals surface area contributed by atoms with Crippen molar-refractivity contribution in [2.24, 2.45) is 5.73 Å². The van der Waals surface area contributed by atoms with Crippen LogP contribution in [0.2, 0.25) is 0 Å². The first-order valence-electron chi connectivity index (χ1n) is 6.04. The Morgan fingerprint density at radius 2 is 2.11 bits per heavy atom. The van der Waals surface area contributed by atoms with Crippen molar-refractivity contribution in [1.29, 1.82) is 0 Å². The molecule has 19 heavy (non-hydrogen) atoms. The highest BCUT2D eigenvalue weighted by molar-refractivity contribution is 5.85. The molecule has 1 saturated heterocycles. The molecule has 0 unspecified atom stereocenters. The molecule has 1 aliphatic rings. The number of carbonyl (C=O) groups excluding carboxylic acids is 1. The fraction of sp³-hybridized carbons (Fsp3) is 0.462. The summed E-state index contributed by atoms with van der Waals surface area (Å²) in [6.45, 7) is 0.608. The molecule has 2 rings (SSSR count). The van der Waals surface area contributed by atoms with E-state index in [0.717, 1.165) is 5.56 Å². The summed E-state index contributed by atoms with van der Waals surface area (Å²) in [6, 6.07) is 9.19. The summed E-state index contributed by atoms with van der Waals surface area (Å²) in [5.41, 5.74) is 6.72. The van der Waals surface area contributed by atoms with Crippen LogP contribution in [0.5, 0.6) is 0 Å². The van der Waals surface area contributed by atoms with E-state index in [2.05, 4.69) is 0 Å². The third-order valence-corrected chi connectivity index (χ3v) is 3.10. The molecule has 1 aliphatic heterocycles. The van der Waals surface area contributed by atoms with Crippen molar-refractivity contribution in [3.05, 3.63) is 35.9 Å². The Labute approximate surface area is 118 Å². The lowest BCUT2D eigenvalue weighted by Crippen LogP contribution is -2.38. The topological polar surface area (TPSA) is 75.8 Å². The minimum absolute atomic E-state index is 0. The Kier molecular flexibility index (Phi) is 6.08. The Bertz CT molecular complexity index is 402.